The normalized spacial score (nSPS) is 11.0. The van der Waals surface area contributed by atoms with Gasteiger partial charge >= 0.3 is 0 Å². The average Bonchev–Trinajstić information content (AvgIpc) is 3.09. The van der Waals surface area contributed by atoms with Crippen molar-refractivity contribution in [3.63, 3.8) is 0 Å². The van der Waals surface area contributed by atoms with Gasteiger partial charge in [0, 0.05) is 24.1 Å². The molecule has 0 fully saturated rings. The highest BCUT2D eigenvalue weighted by molar-refractivity contribution is 6.31. The molecule has 0 unspecified atom stereocenters. The van der Waals surface area contributed by atoms with Crippen LogP contribution in [0.3, 0.4) is 0 Å². The summed E-state index contributed by atoms with van der Waals surface area (Å²) >= 11 is 5.95. The number of amides is 1. The second kappa shape index (κ2) is 6.83. The summed E-state index contributed by atoms with van der Waals surface area (Å²) in [6.45, 7) is 2.41. The summed E-state index contributed by atoms with van der Waals surface area (Å²) in [4.78, 5) is 19.5. The minimum Gasteiger partial charge on any atom is -0.361 e. The number of aryl methyl sites for hydroxylation is 2. The van der Waals surface area contributed by atoms with E-state index in [4.69, 9.17) is 16.1 Å². The van der Waals surface area contributed by atoms with Crippen molar-refractivity contribution in [3.05, 3.63) is 46.6 Å². The van der Waals surface area contributed by atoms with Gasteiger partial charge in [0.25, 0.3) is 0 Å². The Morgan fingerprint density at radius 3 is 3.04 bits per heavy atom. The zero-order valence-electron chi connectivity index (χ0n) is 12.7. The Balaban J connectivity index is 1.44. The molecule has 2 N–H and O–H groups in total. The molecule has 1 amide bonds. The van der Waals surface area contributed by atoms with E-state index < -0.39 is 0 Å². The molecule has 0 saturated carbocycles. The van der Waals surface area contributed by atoms with Crippen LogP contribution in [0, 0.1) is 6.92 Å². The lowest BCUT2D eigenvalue weighted by Gasteiger charge is -2.02. The number of benzene rings is 1. The highest BCUT2D eigenvalue weighted by Crippen LogP contribution is 2.17. The van der Waals surface area contributed by atoms with E-state index >= 15 is 0 Å². The SMILES string of the molecule is Cc1cc(CC(=O)NCCCc2nc3ccc(Cl)cc3[nH]2)on1. The summed E-state index contributed by atoms with van der Waals surface area (Å²) in [7, 11) is 0. The van der Waals surface area contributed by atoms with Gasteiger partial charge in [-0.05, 0) is 31.5 Å². The fraction of sp³-hybridized carbons (Fsp3) is 0.312. The summed E-state index contributed by atoms with van der Waals surface area (Å²) < 4.78 is 5.02. The molecule has 3 aromatic rings. The van der Waals surface area contributed by atoms with Crippen LogP contribution in [-0.2, 0) is 17.6 Å². The number of carbonyl (C=O) groups excluding carboxylic acids is 1. The minimum atomic E-state index is -0.0717. The molecular formula is C16H17ClN4O2. The third kappa shape index (κ3) is 4.10. The Labute approximate surface area is 138 Å². The molecule has 2 aromatic heterocycles. The molecule has 0 spiro atoms. The lowest BCUT2D eigenvalue weighted by atomic mass is 10.2. The van der Waals surface area contributed by atoms with Gasteiger partial charge in [-0.2, -0.15) is 0 Å². The van der Waals surface area contributed by atoms with Crippen LogP contribution in [0.4, 0.5) is 0 Å². The lowest BCUT2D eigenvalue weighted by Crippen LogP contribution is -2.26. The molecule has 6 nitrogen and oxygen atoms in total. The first-order valence-corrected chi connectivity index (χ1v) is 7.81. The number of nitrogens with zero attached hydrogens (tertiary/aromatic N) is 2. The topological polar surface area (TPSA) is 83.8 Å². The summed E-state index contributed by atoms with van der Waals surface area (Å²) in [5.41, 5.74) is 2.60. The van der Waals surface area contributed by atoms with Crippen LogP contribution >= 0.6 is 11.6 Å². The van der Waals surface area contributed by atoms with Crippen molar-refractivity contribution in [2.24, 2.45) is 0 Å². The Hall–Kier alpha value is -2.34. The maximum atomic E-state index is 11.8. The van der Waals surface area contributed by atoms with Crippen molar-refractivity contribution in [1.29, 1.82) is 0 Å². The maximum Gasteiger partial charge on any atom is 0.227 e. The van der Waals surface area contributed by atoms with Crippen molar-refractivity contribution < 1.29 is 9.32 Å². The molecule has 0 aliphatic heterocycles. The third-order valence-electron chi connectivity index (χ3n) is 3.42. The van der Waals surface area contributed by atoms with Crippen molar-refractivity contribution in [3.8, 4) is 0 Å². The monoisotopic (exact) mass is 332 g/mol. The number of rotatable bonds is 6. The van der Waals surface area contributed by atoms with E-state index in [0.29, 0.717) is 17.3 Å². The summed E-state index contributed by atoms with van der Waals surface area (Å²) in [5.74, 6) is 1.40. The Morgan fingerprint density at radius 2 is 2.26 bits per heavy atom. The maximum absolute atomic E-state index is 11.8. The number of hydrogen-bond acceptors (Lipinski definition) is 4. The highest BCUT2D eigenvalue weighted by atomic mass is 35.5. The predicted octanol–water partition coefficient (Wildman–Crippen LogP) is 2.80. The fourth-order valence-electron chi connectivity index (χ4n) is 2.36. The number of hydrogen-bond donors (Lipinski definition) is 2. The zero-order chi connectivity index (χ0) is 16.2. The van der Waals surface area contributed by atoms with Crippen molar-refractivity contribution in [2.45, 2.75) is 26.2 Å². The second-order valence-corrected chi connectivity index (χ2v) is 5.85. The number of aromatic nitrogens is 3. The Kier molecular flexibility index (Phi) is 4.62. The molecule has 0 aliphatic rings. The molecule has 0 radical (unpaired) electrons. The molecule has 0 atom stereocenters. The first kappa shape index (κ1) is 15.6. The van der Waals surface area contributed by atoms with Crippen molar-refractivity contribution >= 4 is 28.5 Å². The quantitative estimate of drug-likeness (QED) is 0.680. The number of nitrogens with one attached hydrogen (secondary N) is 2. The van der Waals surface area contributed by atoms with Crippen LogP contribution < -0.4 is 5.32 Å². The van der Waals surface area contributed by atoms with Crippen LogP contribution in [0.2, 0.25) is 5.02 Å². The van der Waals surface area contributed by atoms with Crippen LogP contribution in [-0.4, -0.2) is 27.6 Å². The second-order valence-electron chi connectivity index (χ2n) is 5.41. The standard InChI is InChI=1S/C16H17ClN4O2/c1-10-7-12(23-21-10)9-16(22)18-6-2-3-15-19-13-5-4-11(17)8-14(13)20-15/h4-5,7-8H,2-3,6,9H2,1H3,(H,18,22)(H,19,20). The molecule has 0 saturated heterocycles. The summed E-state index contributed by atoms with van der Waals surface area (Å²) in [6, 6.07) is 7.33. The van der Waals surface area contributed by atoms with Gasteiger partial charge in [0.1, 0.15) is 11.6 Å². The van der Waals surface area contributed by atoms with E-state index in [1.807, 2.05) is 25.1 Å². The molecule has 0 aliphatic carbocycles. The largest absolute Gasteiger partial charge is 0.361 e. The Bertz CT molecular complexity index is 824. The summed E-state index contributed by atoms with van der Waals surface area (Å²) in [6.07, 6.45) is 1.77. The van der Waals surface area contributed by atoms with E-state index in [1.165, 1.54) is 0 Å². The molecular weight excluding hydrogens is 316 g/mol. The van der Waals surface area contributed by atoms with Gasteiger partial charge in [-0.3, -0.25) is 4.79 Å². The van der Waals surface area contributed by atoms with E-state index in [9.17, 15) is 4.79 Å². The van der Waals surface area contributed by atoms with E-state index in [1.54, 1.807) is 6.07 Å². The average molecular weight is 333 g/mol. The van der Waals surface area contributed by atoms with Crippen LogP contribution in [0.25, 0.3) is 11.0 Å². The van der Waals surface area contributed by atoms with Gasteiger partial charge in [0.15, 0.2) is 0 Å². The molecule has 7 heteroatoms. The number of halogens is 1. The summed E-state index contributed by atoms with van der Waals surface area (Å²) in [5, 5.41) is 7.30. The molecule has 3 rings (SSSR count). The first-order chi connectivity index (χ1) is 11.1. The fourth-order valence-corrected chi connectivity index (χ4v) is 2.53. The number of fused-ring (bicyclic) bond motifs is 1. The van der Waals surface area contributed by atoms with Gasteiger partial charge in [0.2, 0.25) is 5.91 Å². The van der Waals surface area contributed by atoms with Gasteiger partial charge in [-0.1, -0.05) is 16.8 Å². The molecule has 120 valence electrons. The van der Waals surface area contributed by atoms with Gasteiger partial charge in [-0.15, -0.1) is 0 Å². The van der Waals surface area contributed by atoms with Crippen molar-refractivity contribution in [2.75, 3.05) is 6.54 Å². The van der Waals surface area contributed by atoms with Crippen LogP contribution in [0.5, 0.6) is 0 Å². The molecule has 1 aromatic carbocycles. The van der Waals surface area contributed by atoms with Crippen LogP contribution in [0.15, 0.2) is 28.8 Å². The Morgan fingerprint density at radius 1 is 1.39 bits per heavy atom. The minimum absolute atomic E-state index is 0.0717. The van der Waals surface area contributed by atoms with Gasteiger partial charge in [0.05, 0.1) is 23.1 Å². The van der Waals surface area contributed by atoms with Gasteiger partial charge in [-0.25, -0.2) is 4.98 Å². The van der Waals surface area contributed by atoms with Crippen molar-refractivity contribution in [1.82, 2.24) is 20.4 Å². The highest BCUT2D eigenvalue weighted by Gasteiger charge is 2.08. The number of carbonyl (C=O) groups is 1. The predicted molar refractivity (Wildman–Crippen MR) is 87.4 cm³/mol. The molecule has 0 bridgehead atoms. The number of aromatic amines is 1. The zero-order valence-corrected chi connectivity index (χ0v) is 13.5. The van der Waals surface area contributed by atoms with E-state index in [2.05, 4.69) is 20.4 Å². The first-order valence-electron chi connectivity index (χ1n) is 7.43. The third-order valence-corrected chi connectivity index (χ3v) is 3.65. The van der Waals surface area contributed by atoms with Gasteiger partial charge < -0.3 is 14.8 Å². The van der Waals surface area contributed by atoms with E-state index in [0.717, 1.165) is 35.4 Å². The van der Waals surface area contributed by atoms with Crippen LogP contribution in [0.1, 0.15) is 23.7 Å². The molecule has 2 heterocycles. The number of imidazole rings is 1. The number of H-pyrrole nitrogens is 1. The smallest absolute Gasteiger partial charge is 0.227 e. The van der Waals surface area contributed by atoms with E-state index in [-0.39, 0.29) is 12.3 Å². The molecule has 23 heavy (non-hydrogen) atoms. The lowest BCUT2D eigenvalue weighted by molar-refractivity contribution is -0.120.